The third kappa shape index (κ3) is 4.69. The Kier molecular flexibility index (Phi) is 6.87. The number of nitrogens with two attached hydrogens (primary N) is 1. The fraction of sp³-hybridized carbons (Fsp3) is 0.917. The first-order valence-electron chi connectivity index (χ1n) is 6.73. The molecule has 0 aromatic heterocycles. The molecule has 8 heteroatoms. The van der Waals surface area contributed by atoms with Gasteiger partial charge >= 0.3 is 5.97 Å². The van der Waals surface area contributed by atoms with Crippen LogP contribution in [0.2, 0.25) is 0 Å². The first kappa shape index (κ1) is 17.4. The maximum atomic E-state index is 12.3. The summed E-state index contributed by atoms with van der Waals surface area (Å²) in [5, 5.41) is 0. The van der Waals surface area contributed by atoms with Gasteiger partial charge in [0.1, 0.15) is 0 Å². The van der Waals surface area contributed by atoms with Gasteiger partial charge in [0.25, 0.3) is 0 Å². The molecule has 2 N–H and O–H groups in total. The summed E-state index contributed by atoms with van der Waals surface area (Å²) in [6.07, 6.45) is 1.71. The minimum Gasteiger partial charge on any atom is -0.469 e. The van der Waals surface area contributed by atoms with Crippen LogP contribution in [0.3, 0.4) is 0 Å². The molecule has 0 aromatic rings. The molecule has 20 heavy (non-hydrogen) atoms. The lowest BCUT2D eigenvalue weighted by Gasteiger charge is -2.37. The quantitative estimate of drug-likeness (QED) is 0.649. The standard InChI is InChI=1S/C12H24N2O5S/c1-18-11-5-6-14(10(8-11)9-13)20(16,17)7-3-4-12(15)19-2/h10-11H,3-9,13H2,1-2H3. The number of carbonyl (C=O) groups excluding carboxylic acids is 1. The van der Waals surface area contributed by atoms with Gasteiger partial charge in [0, 0.05) is 32.7 Å². The number of esters is 1. The Morgan fingerprint density at radius 1 is 1.40 bits per heavy atom. The summed E-state index contributed by atoms with van der Waals surface area (Å²) in [6, 6.07) is -0.225. The van der Waals surface area contributed by atoms with Gasteiger partial charge in [-0.25, -0.2) is 8.42 Å². The van der Waals surface area contributed by atoms with Gasteiger partial charge in [-0.2, -0.15) is 4.31 Å². The smallest absolute Gasteiger partial charge is 0.305 e. The van der Waals surface area contributed by atoms with Crippen LogP contribution in [-0.2, 0) is 24.3 Å². The number of ether oxygens (including phenoxy) is 2. The van der Waals surface area contributed by atoms with Crippen molar-refractivity contribution in [2.75, 3.05) is 33.1 Å². The molecule has 0 radical (unpaired) electrons. The molecule has 2 unspecified atom stereocenters. The molecule has 0 aromatic carbocycles. The number of methoxy groups -OCH3 is 2. The van der Waals surface area contributed by atoms with Crippen molar-refractivity contribution in [3.63, 3.8) is 0 Å². The maximum absolute atomic E-state index is 12.3. The van der Waals surface area contributed by atoms with E-state index in [1.54, 1.807) is 7.11 Å². The van der Waals surface area contributed by atoms with E-state index in [1.807, 2.05) is 0 Å². The average molecular weight is 308 g/mol. The van der Waals surface area contributed by atoms with Crippen molar-refractivity contribution in [2.45, 2.75) is 37.8 Å². The topological polar surface area (TPSA) is 98.9 Å². The summed E-state index contributed by atoms with van der Waals surface area (Å²) in [5.41, 5.74) is 5.67. The molecule has 0 spiro atoms. The molecule has 0 amide bonds. The van der Waals surface area contributed by atoms with E-state index >= 15 is 0 Å². The number of hydrogen-bond donors (Lipinski definition) is 1. The van der Waals surface area contributed by atoms with E-state index in [0.29, 0.717) is 19.4 Å². The lowest BCUT2D eigenvalue weighted by atomic mass is 10.0. The fourth-order valence-corrected chi connectivity index (χ4v) is 4.16. The number of sulfonamides is 1. The number of hydrogen-bond acceptors (Lipinski definition) is 6. The Bertz CT molecular complexity index is 412. The van der Waals surface area contributed by atoms with Crippen molar-refractivity contribution in [1.29, 1.82) is 0 Å². The third-order valence-electron chi connectivity index (χ3n) is 3.59. The van der Waals surface area contributed by atoms with Gasteiger partial charge in [0.05, 0.1) is 19.0 Å². The van der Waals surface area contributed by atoms with E-state index in [1.165, 1.54) is 11.4 Å². The second kappa shape index (κ2) is 7.92. The van der Waals surface area contributed by atoms with Crippen molar-refractivity contribution < 1.29 is 22.7 Å². The molecule has 1 rings (SSSR count). The van der Waals surface area contributed by atoms with E-state index in [4.69, 9.17) is 10.5 Å². The van der Waals surface area contributed by atoms with Crippen molar-refractivity contribution in [3.05, 3.63) is 0 Å². The second-order valence-corrected chi connectivity index (χ2v) is 6.92. The SMILES string of the molecule is COC(=O)CCCS(=O)(=O)N1CCC(OC)CC1CN. The fourth-order valence-electron chi connectivity index (χ4n) is 2.40. The number of nitrogens with zero attached hydrogens (tertiary/aromatic N) is 1. The van der Waals surface area contributed by atoms with Crippen LogP contribution in [0.5, 0.6) is 0 Å². The van der Waals surface area contributed by atoms with Crippen LogP contribution in [0.1, 0.15) is 25.7 Å². The summed E-state index contributed by atoms with van der Waals surface area (Å²) in [6.45, 7) is 0.691. The molecule has 0 saturated carbocycles. The second-order valence-electron chi connectivity index (χ2n) is 4.88. The molecule has 0 bridgehead atoms. The summed E-state index contributed by atoms with van der Waals surface area (Å²) in [5.74, 6) is -0.454. The maximum Gasteiger partial charge on any atom is 0.305 e. The van der Waals surface area contributed by atoms with E-state index in [-0.39, 0.29) is 37.3 Å². The highest BCUT2D eigenvalue weighted by Crippen LogP contribution is 2.22. The third-order valence-corrected chi connectivity index (χ3v) is 5.59. The van der Waals surface area contributed by atoms with Gasteiger partial charge < -0.3 is 15.2 Å². The van der Waals surface area contributed by atoms with Crippen LogP contribution in [-0.4, -0.2) is 63.9 Å². The predicted molar refractivity (Wildman–Crippen MR) is 74.6 cm³/mol. The monoisotopic (exact) mass is 308 g/mol. The Morgan fingerprint density at radius 3 is 2.65 bits per heavy atom. The average Bonchev–Trinajstić information content (AvgIpc) is 2.45. The summed E-state index contributed by atoms with van der Waals surface area (Å²) in [7, 11) is -0.478. The predicted octanol–water partition coefficient (Wildman–Crippen LogP) is -0.292. The minimum absolute atomic E-state index is 0.0593. The minimum atomic E-state index is -3.39. The zero-order valence-corrected chi connectivity index (χ0v) is 12.9. The lowest BCUT2D eigenvalue weighted by molar-refractivity contribution is -0.140. The normalized spacial score (nSPS) is 24.6. The van der Waals surface area contributed by atoms with Crippen molar-refractivity contribution in [3.8, 4) is 0 Å². The molecule has 1 aliphatic heterocycles. The van der Waals surface area contributed by atoms with Crippen LogP contribution in [0, 0.1) is 0 Å². The van der Waals surface area contributed by atoms with Crippen LogP contribution in [0.4, 0.5) is 0 Å². The van der Waals surface area contributed by atoms with Gasteiger partial charge in [0.2, 0.25) is 10.0 Å². The van der Waals surface area contributed by atoms with Crippen LogP contribution >= 0.6 is 0 Å². The number of rotatable bonds is 7. The number of piperidine rings is 1. The highest BCUT2D eigenvalue weighted by atomic mass is 32.2. The van der Waals surface area contributed by atoms with E-state index in [9.17, 15) is 13.2 Å². The van der Waals surface area contributed by atoms with E-state index in [0.717, 1.165) is 0 Å². The first-order valence-corrected chi connectivity index (χ1v) is 8.34. The first-order chi connectivity index (χ1) is 9.44. The zero-order valence-electron chi connectivity index (χ0n) is 12.1. The van der Waals surface area contributed by atoms with Crippen molar-refractivity contribution in [2.24, 2.45) is 5.73 Å². The molecule has 2 atom stereocenters. The van der Waals surface area contributed by atoms with Gasteiger partial charge in [-0.05, 0) is 19.3 Å². The Labute approximate surface area is 120 Å². The summed E-state index contributed by atoms with van der Waals surface area (Å²) in [4.78, 5) is 11.0. The van der Waals surface area contributed by atoms with Crippen LogP contribution in [0.25, 0.3) is 0 Å². The van der Waals surface area contributed by atoms with Crippen LogP contribution in [0.15, 0.2) is 0 Å². The molecular weight excluding hydrogens is 284 g/mol. The lowest BCUT2D eigenvalue weighted by Crippen LogP contribution is -2.51. The Balaban J connectivity index is 2.59. The molecule has 7 nitrogen and oxygen atoms in total. The zero-order chi connectivity index (χ0) is 15.2. The Morgan fingerprint density at radius 2 is 2.10 bits per heavy atom. The van der Waals surface area contributed by atoms with Crippen molar-refractivity contribution in [1.82, 2.24) is 4.31 Å². The Hall–Kier alpha value is -0.700. The highest BCUT2D eigenvalue weighted by Gasteiger charge is 2.34. The van der Waals surface area contributed by atoms with Gasteiger partial charge in [-0.15, -0.1) is 0 Å². The molecule has 1 aliphatic rings. The molecule has 1 fully saturated rings. The van der Waals surface area contributed by atoms with Crippen LogP contribution < -0.4 is 5.73 Å². The molecular formula is C12H24N2O5S. The molecule has 1 saturated heterocycles. The van der Waals surface area contributed by atoms with Gasteiger partial charge in [-0.3, -0.25) is 4.79 Å². The van der Waals surface area contributed by atoms with Gasteiger partial charge in [0.15, 0.2) is 0 Å². The summed E-state index contributed by atoms with van der Waals surface area (Å²) >= 11 is 0. The van der Waals surface area contributed by atoms with Crippen molar-refractivity contribution >= 4 is 16.0 Å². The van der Waals surface area contributed by atoms with E-state index < -0.39 is 16.0 Å². The molecule has 0 aliphatic carbocycles. The largest absolute Gasteiger partial charge is 0.469 e. The molecule has 1 heterocycles. The summed E-state index contributed by atoms with van der Waals surface area (Å²) < 4.78 is 35.8. The highest BCUT2D eigenvalue weighted by molar-refractivity contribution is 7.89. The number of carbonyl (C=O) groups is 1. The van der Waals surface area contributed by atoms with E-state index in [2.05, 4.69) is 4.74 Å². The molecule has 118 valence electrons. The van der Waals surface area contributed by atoms with Gasteiger partial charge in [-0.1, -0.05) is 0 Å².